The van der Waals surface area contributed by atoms with E-state index in [4.69, 9.17) is 4.74 Å². The van der Waals surface area contributed by atoms with Crippen LogP contribution in [0.4, 0.5) is 0 Å². The molecular weight excluding hydrogens is 298 g/mol. The van der Waals surface area contributed by atoms with Gasteiger partial charge in [0.25, 0.3) is 0 Å². The number of methoxy groups -OCH3 is 1. The Kier molecular flexibility index (Phi) is 5.36. The van der Waals surface area contributed by atoms with Gasteiger partial charge in [0.05, 0.1) is 7.11 Å². The molecule has 24 heavy (non-hydrogen) atoms. The van der Waals surface area contributed by atoms with Gasteiger partial charge in [0.1, 0.15) is 5.75 Å². The summed E-state index contributed by atoms with van der Waals surface area (Å²) in [5.74, 6) is 2.39. The second kappa shape index (κ2) is 7.86. The Balaban J connectivity index is 1.45. The Morgan fingerprint density at radius 1 is 1.12 bits per heavy atom. The molecule has 0 saturated carbocycles. The second-order valence-corrected chi connectivity index (χ2v) is 6.04. The molecule has 1 atom stereocenters. The summed E-state index contributed by atoms with van der Waals surface area (Å²) in [5, 5.41) is 6.81. The van der Waals surface area contributed by atoms with Crippen LogP contribution in [0, 0.1) is 0 Å². The van der Waals surface area contributed by atoms with Crippen LogP contribution in [0.5, 0.6) is 5.75 Å². The standard InChI is InChI=1S/C20H25N3O/c1-21-20(22-12-11-15-7-4-6-10-19(15)24-2)23-14-17-13-16-8-3-5-9-18(16)17/h3-10,17H,11-14H2,1-2H3,(H2,21,22,23). The van der Waals surface area contributed by atoms with E-state index in [1.807, 2.05) is 25.2 Å². The van der Waals surface area contributed by atoms with Crippen molar-refractivity contribution in [3.63, 3.8) is 0 Å². The third-order valence-electron chi connectivity index (χ3n) is 4.58. The summed E-state index contributed by atoms with van der Waals surface area (Å²) >= 11 is 0. The van der Waals surface area contributed by atoms with Crippen LogP contribution < -0.4 is 15.4 Å². The number of nitrogens with one attached hydrogen (secondary N) is 2. The highest BCUT2D eigenvalue weighted by molar-refractivity contribution is 5.79. The Labute approximate surface area is 144 Å². The number of rotatable bonds is 6. The number of ether oxygens (including phenoxy) is 1. The number of benzene rings is 2. The van der Waals surface area contributed by atoms with E-state index in [0.29, 0.717) is 5.92 Å². The maximum atomic E-state index is 5.39. The molecule has 3 rings (SSSR count). The normalized spacial score (nSPS) is 16.1. The van der Waals surface area contributed by atoms with Crippen molar-refractivity contribution in [1.29, 1.82) is 0 Å². The molecule has 0 fully saturated rings. The first-order valence-corrected chi connectivity index (χ1v) is 8.46. The summed E-state index contributed by atoms with van der Waals surface area (Å²) < 4.78 is 5.39. The molecule has 4 heteroatoms. The van der Waals surface area contributed by atoms with Crippen LogP contribution in [-0.4, -0.2) is 33.2 Å². The fraction of sp³-hybridized carbons (Fsp3) is 0.350. The lowest BCUT2D eigenvalue weighted by Crippen LogP contribution is -2.41. The summed E-state index contributed by atoms with van der Waals surface area (Å²) in [6, 6.07) is 16.8. The molecule has 0 aromatic heterocycles. The number of para-hydroxylation sites is 1. The first-order valence-electron chi connectivity index (χ1n) is 8.46. The highest BCUT2D eigenvalue weighted by atomic mass is 16.5. The molecule has 2 aromatic carbocycles. The number of nitrogens with zero attached hydrogens (tertiary/aromatic N) is 1. The van der Waals surface area contributed by atoms with Gasteiger partial charge in [0.2, 0.25) is 0 Å². The zero-order chi connectivity index (χ0) is 16.8. The number of hydrogen-bond donors (Lipinski definition) is 2. The van der Waals surface area contributed by atoms with Crippen molar-refractivity contribution in [1.82, 2.24) is 10.6 Å². The van der Waals surface area contributed by atoms with E-state index in [-0.39, 0.29) is 0 Å². The average molecular weight is 323 g/mol. The van der Waals surface area contributed by atoms with Crippen LogP contribution in [0.25, 0.3) is 0 Å². The van der Waals surface area contributed by atoms with Crippen molar-refractivity contribution in [2.24, 2.45) is 4.99 Å². The minimum Gasteiger partial charge on any atom is -0.496 e. The van der Waals surface area contributed by atoms with E-state index in [1.165, 1.54) is 16.7 Å². The molecule has 0 amide bonds. The largest absolute Gasteiger partial charge is 0.496 e. The van der Waals surface area contributed by atoms with Crippen molar-refractivity contribution in [3.05, 3.63) is 65.2 Å². The van der Waals surface area contributed by atoms with Crippen LogP contribution in [0.15, 0.2) is 53.5 Å². The molecule has 2 N–H and O–H groups in total. The van der Waals surface area contributed by atoms with E-state index >= 15 is 0 Å². The number of hydrogen-bond acceptors (Lipinski definition) is 2. The van der Waals surface area contributed by atoms with Crippen molar-refractivity contribution in [2.75, 3.05) is 27.2 Å². The predicted molar refractivity (Wildman–Crippen MR) is 98.9 cm³/mol. The molecule has 0 saturated heterocycles. The highest BCUT2D eigenvalue weighted by Crippen LogP contribution is 2.33. The maximum absolute atomic E-state index is 5.39. The van der Waals surface area contributed by atoms with Crippen molar-refractivity contribution in [3.8, 4) is 5.75 Å². The summed E-state index contributed by atoms with van der Waals surface area (Å²) in [7, 11) is 3.52. The van der Waals surface area contributed by atoms with Crippen LogP contribution in [0.1, 0.15) is 22.6 Å². The first kappa shape index (κ1) is 16.4. The topological polar surface area (TPSA) is 45.7 Å². The van der Waals surface area contributed by atoms with Gasteiger partial charge in [-0.25, -0.2) is 0 Å². The molecule has 1 aliphatic carbocycles. The predicted octanol–water partition coefficient (Wildman–Crippen LogP) is 2.74. The third-order valence-corrected chi connectivity index (χ3v) is 4.58. The van der Waals surface area contributed by atoms with Gasteiger partial charge in [0.15, 0.2) is 5.96 Å². The van der Waals surface area contributed by atoms with Crippen LogP contribution in [-0.2, 0) is 12.8 Å². The molecule has 126 valence electrons. The molecule has 1 unspecified atom stereocenters. The fourth-order valence-electron chi connectivity index (χ4n) is 3.21. The molecule has 4 nitrogen and oxygen atoms in total. The molecule has 0 spiro atoms. The minimum absolute atomic E-state index is 0.592. The lowest BCUT2D eigenvalue weighted by Gasteiger charge is -2.30. The van der Waals surface area contributed by atoms with Gasteiger partial charge in [-0.1, -0.05) is 42.5 Å². The molecule has 2 aromatic rings. The van der Waals surface area contributed by atoms with Crippen LogP contribution in [0.2, 0.25) is 0 Å². The van der Waals surface area contributed by atoms with Gasteiger partial charge in [-0.05, 0) is 35.6 Å². The summed E-state index contributed by atoms with van der Waals surface area (Å²) in [4.78, 5) is 4.31. The SMILES string of the molecule is CN=C(NCCc1ccccc1OC)NCC1Cc2ccccc21. The monoisotopic (exact) mass is 323 g/mol. The Morgan fingerprint density at radius 2 is 1.92 bits per heavy atom. The Hall–Kier alpha value is -2.49. The average Bonchev–Trinajstić information content (AvgIpc) is 2.61. The number of fused-ring (bicyclic) bond motifs is 1. The van der Waals surface area contributed by atoms with Gasteiger partial charge >= 0.3 is 0 Å². The Bertz CT molecular complexity index is 712. The first-order chi connectivity index (χ1) is 11.8. The van der Waals surface area contributed by atoms with E-state index in [2.05, 4.69) is 46.0 Å². The van der Waals surface area contributed by atoms with E-state index in [1.54, 1.807) is 7.11 Å². The maximum Gasteiger partial charge on any atom is 0.191 e. The van der Waals surface area contributed by atoms with Gasteiger partial charge in [-0.2, -0.15) is 0 Å². The molecule has 0 bridgehead atoms. The summed E-state index contributed by atoms with van der Waals surface area (Å²) in [6.45, 7) is 1.74. The zero-order valence-corrected chi connectivity index (χ0v) is 14.4. The lowest BCUT2D eigenvalue weighted by atomic mass is 9.78. The minimum atomic E-state index is 0.592. The highest BCUT2D eigenvalue weighted by Gasteiger charge is 2.25. The molecule has 0 heterocycles. The second-order valence-electron chi connectivity index (χ2n) is 6.04. The molecule has 0 aliphatic heterocycles. The van der Waals surface area contributed by atoms with Crippen molar-refractivity contribution < 1.29 is 4.74 Å². The fourth-order valence-corrected chi connectivity index (χ4v) is 3.21. The quantitative estimate of drug-likeness (QED) is 0.635. The molecular formula is C20H25N3O. The smallest absolute Gasteiger partial charge is 0.191 e. The van der Waals surface area contributed by atoms with Crippen molar-refractivity contribution in [2.45, 2.75) is 18.8 Å². The number of guanidine groups is 1. The van der Waals surface area contributed by atoms with E-state index in [0.717, 1.165) is 37.6 Å². The van der Waals surface area contributed by atoms with E-state index in [9.17, 15) is 0 Å². The lowest BCUT2D eigenvalue weighted by molar-refractivity contribution is 0.409. The van der Waals surface area contributed by atoms with Gasteiger partial charge in [0, 0.05) is 26.1 Å². The Morgan fingerprint density at radius 3 is 2.71 bits per heavy atom. The van der Waals surface area contributed by atoms with E-state index < -0.39 is 0 Å². The summed E-state index contributed by atoms with van der Waals surface area (Å²) in [5.41, 5.74) is 4.15. The third kappa shape index (κ3) is 3.70. The zero-order valence-electron chi connectivity index (χ0n) is 14.4. The molecule has 0 radical (unpaired) electrons. The molecule has 1 aliphatic rings. The number of aliphatic imine (C=N–C) groups is 1. The summed E-state index contributed by atoms with van der Waals surface area (Å²) in [6.07, 6.45) is 2.05. The van der Waals surface area contributed by atoms with Gasteiger partial charge < -0.3 is 15.4 Å². The van der Waals surface area contributed by atoms with Gasteiger partial charge in [-0.15, -0.1) is 0 Å². The van der Waals surface area contributed by atoms with Crippen molar-refractivity contribution >= 4 is 5.96 Å². The van der Waals surface area contributed by atoms with Crippen LogP contribution >= 0.6 is 0 Å². The van der Waals surface area contributed by atoms with Gasteiger partial charge in [-0.3, -0.25) is 4.99 Å². The van der Waals surface area contributed by atoms with Crippen LogP contribution in [0.3, 0.4) is 0 Å².